The molecule has 0 spiro atoms. The molecule has 9 heteroatoms. The third-order valence-corrected chi connectivity index (χ3v) is 3.56. The van der Waals surface area contributed by atoms with Crippen LogP contribution >= 0.6 is 11.8 Å². The van der Waals surface area contributed by atoms with E-state index in [0.717, 1.165) is 0 Å². The maximum Gasteiger partial charge on any atom is 0.231 e. The minimum Gasteiger partial charge on any atom is -0.478 e. The van der Waals surface area contributed by atoms with E-state index in [1.54, 1.807) is 19.2 Å². The van der Waals surface area contributed by atoms with Gasteiger partial charge in [-0.3, -0.25) is 4.79 Å². The number of carbonyl (C=O) groups is 1. The second kappa shape index (κ2) is 8.75. The summed E-state index contributed by atoms with van der Waals surface area (Å²) in [5.74, 6) is 5.16. The average molecular weight is 335 g/mol. The number of aryl methyl sites for hydroxylation is 1. The smallest absolute Gasteiger partial charge is 0.231 e. The van der Waals surface area contributed by atoms with E-state index in [-0.39, 0.29) is 30.6 Å². The van der Waals surface area contributed by atoms with E-state index in [0.29, 0.717) is 5.16 Å². The van der Waals surface area contributed by atoms with Crippen LogP contribution in [0.1, 0.15) is 0 Å². The molecule has 1 heterocycles. The summed E-state index contributed by atoms with van der Waals surface area (Å²) >= 11 is 1.23. The number of nitrogens with one attached hydrogen (secondary N) is 1. The van der Waals surface area contributed by atoms with Crippen LogP contribution in [0.5, 0.6) is 5.75 Å². The number of hydrogen-bond acceptors (Lipinski definition) is 6. The van der Waals surface area contributed by atoms with Crippen LogP contribution in [0, 0.1) is 17.7 Å². The van der Waals surface area contributed by atoms with Gasteiger partial charge in [0.15, 0.2) is 11.6 Å². The first-order chi connectivity index (χ1) is 11.2. The van der Waals surface area contributed by atoms with Gasteiger partial charge in [-0.05, 0) is 22.6 Å². The monoisotopic (exact) mass is 335 g/mol. The Bertz CT molecular complexity index is 725. The van der Waals surface area contributed by atoms with E-state index in [9.17, 15) is 9.18 Å². The fraction of sp³-hybridized carbons (Fsp3) is 0.286. The molecular weight excluding hydrogens is 321 g/mol. The summed E-state index contributed by atoms with van der Waals surface area (Å²) < 4.78 is 19.9. The summed E-state index contributed by atoms with van der Waals surface area (Å²) in [7, 11) is 1.70. The van der Waals surface area contributed by atoms with E-state index in [1.807, 2.05) is 0 Å². The van der Waals surface area contributed by atoms with Crippen molar-refractivity contribution in [3.63, 3.8) is 0 Å². The largest absolute Gasteiger partial charge is 0.478 e. The molecule has 0 saturated carbocycles. The summed E-state index contributed by atoms with van der Waals surface area (Å²) in [6.45, 7) is 0.243. The zero-order valence-corrected chi connectivity index (χ0v) is 13.1. The van der Waals surface area contributed by atoms with Crippen molar-refractivity contribution >= 4 is 17.7 Å². The molecule has 7 nitrogen and oxygen atoms in total. The topological polar surface area (TPSA) is 81.9 Å². The first-order valence-electron chi connectivity index (χ1n) is 6.61. The zero-order chi connectivity index (χ0) is 16.5. The van der Waals surface area contributed by atoms with Crippen LogP contribution in [-0.2, 0) is 11.8 Å². The van der Waals surface area contributed by atoms with Gasteiger partial charge in [-0.25, -0.2) is 9.07 Å². The molecule has 0 aliphatic heterocycles. The van der Waals surface area contributed by atoms with E-state index < -0.39 is 5.82 Å². The second-order valence-electron chi connectivity index (χ2n) is 4.22. The highest BCUT2D eigenvalue weighted by molar-refractivity contribution is 7.99. The first kappa shape index (κ1) is 16.8. The molecule has 1 N–H and O–H groups in total. The molecule has 2 aromatic rings. The fourth-order valence-electron chi connectivity index (χ4n) is 1.46. The van der Waals surface area contributed by atoms with Gasteiger partial charge in [-0.1, -0.05) is 35.7 Å². The number of hydrogen-bond donors (Lipinski definition) is 1. The molecule has 1 amide bonds. The van der Waals surface area contributed by atoms with Crippen molar-refractivity contribution in [2.45, 2.75) is 5.16 Å². The SMILES string of the molecule is Cn1nnnc1SCC(=O)NCC#CCOc1ccccc1F. The van der Waals surface area contributed by atoms with Crippen molar-refractivity contribution in [1.29, 1.82) is 0 Å². The van der Waals surface area contributed by atoms with Gasteiger partial charge in [0.05, 0.1) is 12.3 Å². The second-order valence-corrected chi connectivity index (χ2v) is 5.17. The quantitative estimate of drug-likeness (QED) is 0.616. The lowest BCUT2D eigenvalue weighted by Crippen LogP contribution is -2.25. The molecule has 0 aliphatic rings. The number of amides is 1. The van der Waals surface area contributed by atoms with Crippen LogP contribution < -0.4 is 10.1 Å². The third kappa shape index (κ3) is 5.60. The predicted molar refractivity (Wildman–Crippen MR) is 82.2 cm³/mol. The van der Waals surface area contributed by atoms with E-state index >= 15 is 0 Å². The number of nitrogens with zero attached hydrogens (tertiary/aromatic N) is 4. The Kier molecular flexibility index (Phi) is 6.38. The standard InChI is InChI=1S/C14H14FN5O2S/c1-20-14(17-18-19-20)23-10-13(21)16-8-4-5-9-22-12-7-3-2-6-11(12)15/h2-3,6-7H,8-10H2,1H3,(H,16,21). The highest BCUT2D eigenvalue weighted by Crippen LogP contribution is 2.14. The van der Waals surface area contributed by atoms with Crippen molar-refractivity contribution in [2.24, 2.45) is 7.05 Å². The highest BCUT2D eigenvalue weighted by Gasteiger charge is 2.06. The average Bonchev–Trinajstić information content (AvgIpc) is 2.95. The van der Waals surface area contributed by atoms with E-state index in [1.165, 1.54) is 28.6 Å². The van der Waals surface area contributed by atoms with Crippen molar-refractivity contribution in [1.82, 2.24) is 25.5 Å². The molecule has 23 heavy (non-hydrogen) atoms. The van der Waals surface area contributed by atoms with Crippen LogP contribution in [0.25, 0.3) is 0 Å². The van der Waals surface area contributed by atoms with Gasteiger partial charge in [0.25, 0.3) is 0 Å². The fourth-order valence-corrected chi connectivity index (χ4v) is 2.14. The van der Waals surface area contributed by atoms with Gasteiger partial charge in [-0.15, -0.1) is 5.10 Å². The lowest BCUT2D eigenvalue weighted by atomic mass is 10.3. The van der Waals surface area contributed by atoms with Gasteiger partial charge in [0, 0.05) is 7.05 Å². The van der Waals surface area contributed by atoms with Crippen LogP contribution in [0.4, 0.5) is 4.39 Å². The van der Waals surface area contributed by atoms with E-state index in [4.69, 9.17) is 4.74 Å². The summed E-state index contributed by atoms with van der Waals surface area (Å²) in [5, 5.41) is 14.1. The van der Waals surface area contributed by atoms with Crippen molar-refractivity contribution in [3.8, 4) is 17.6 Å². The molecule has 2 rings (SSSR count). The number of thioether (sulfide) groups is 1. The molecule has 0 aliphatic carbocycles. The van der Waals surface area contributed by atoms with Crippen molar-refractivity contribution < 1.29 is 13.9 Å². The Labute approximate surface area is 136 Å². The highest BCUT2D eigenvalue weighted by atomic mass is 32.2. The van der Waals surface area contributed by atoms with Gasteiger partial charge in [0.1, 0.15) is 6.61 Å². The molecular formula is C14H14FN5O2S. The van der Waals surface area contributed by atoms with E-state index in [2.05, 4.69) is 32.7 Å². The van der Waals surface area contributed by atoms with Gasteiger partial charge < -0.3 is 10.1 Å². The van der Waals surface area contributed by atoms with Crippen LogP contribution in [0.3, 0.4) is 0 Å². The molecule has 120 valence electrons. The molecule has 0 fully saturated rings. The maximum atomic E-state index is 13.3. The lowest BCUT2D eigenvalue weighted by molar-refractivity contribution is -0.118. The van der Waals surface area contributed by atoms with Gasteiger partial charge >= 0.3 is 0 Å². The molecule has 1 aromatic carbocycles. The maximum absolute atomic E-state index is 13.3. The molecule has 0 radical (unpaired) electrons. The Balaban J connectivity index is 1.62. The molecule has 0 bridgehead atoms. The Morgan fingerprint density at radius 1 is 1.43 bits per heavy atom. The summed E-state index contributed by atoms with van der Waals surface area (Å²) in [6, 6.07) is 6.10. The molecule has 0 unspecified atom stereocenters. The van der Waals surface area contributed by atoms with Crippen LogP contribution in [-0.4, -0.2) is 45.0 Å². The van der Waals surface area contributed by atoms with Crippen molar-refractivity contribution in [2.75, 3.05) is 18.9 Å². The Morgan fingerprint density at radius 2 is 2.26 bits per heavy atom. The summed E-state index contributed by atoms with van der Waals surface area (Å²) in [6.07, 6.45) is 0. The molecule has 0 atom stereocenters. The van der Waals surface area contributed by atoms with Crippen LogP contribution in [0.2, 0.25) is 0 Å². The minimum atomic E-state index is -0.433. The zero-order valence-electron chi connectivity index (χ0n) is 12.3. The normalized spacial score (nSPS) is 9.83. The molecule has 1 aromatic heterocycles. The number of ether oxygens (including phenoxy) is 1. The number of rotatable bonds is 6. The first-order valence-corrected chi connectivity index (χ1v) is 7.60. The Hall–Kier alpha value is -2.60. The number of halogens is 1. The molecule has 0 saturated heterocycles. The minimum absolute atomic E-state index is 0.0517. The Morgan fingerprint density at radius 3 is 3.00 bits per heavy atom. The third-order valence-electron chi connectivity index (χ3n) is 2.55. The lowest BCUT2D eigenvalue weighted by Gasteiger charge is -2.02. The summed E-state index contributed by atoms with van der Waals surface area (Å²) in [5.41, 5.74) is 0. The summed E-state index contributed by atoms with van der Waals surface area (Å²) in [4.78, 5) is 11.6. The number of benzene rings is 1. The number of para-hydroxylation sites is 1. The van der Waals surface area contributed by atoms with Gasteiger partial charge in [-0.2, -0.15) is 0 Å². The van der Waals surface area contributed by atoms with Gasteiger partial charge in [0.2, 0.25) is 11.1 Å². The number of carbonyl (C=O) groups excluding carboxylic acids is 1. The number of aromatic nitrogens is 4. The predicted octanol–water partition coefficient (Wildman–Crippen LogP) is 0.640. The van der Waals surface area contributed by atoms with Crippen molar-refractivity contribution in [3.05, 3.63) is 30.1 Å². The van der Waals surface area contributed by atoms with Crippen LogP contribution in [0.15, 0.2) is 29.4 Å². The number of tetrazole rings is 1.